The van der Waals surface area contributed by atoms with E-state index in [0.29, 0.717) is 11.8 Å². The van der Waals surface area contributed by atoms with Crippen molar-refractivity contribution in [3.05, 3.63) is 34.4 Å². The molecule has 4 bridgehead atoms. The predicted octanol–water partition coefficient (Wildman–Crippen LogP) is 4.34. The molecule has 6 aliphatic rings. The van der Waals surface area contributed by atoms with Gasteiger partial charge in [0.2, 0.25) is 0 Å². The van der Waals surface area contributed by atoms with Crippen molar-refractivity contribution in [2.75, 3.05) is 0 Å². The van der Waals surface area contributed by atoms with Crippen molar-refractivity contribution in [1.82, 2.24) is 0 Å². The monoisotopic (exact) mass is 294 g/mol. The first-order chi connectivity index (χ1) is 10.3. The number of benzene rings is 1. The normalized spacial score (nSPS) is 38.5. The number of Topliss-reactive ketones (excluding diaryl/α,β-unsaturated/α-hetero) is 2. The van der Waals surface area contributed by atoms with Crippen LogP contribution in [0.2, 0.25) is 0 Å². The Balaban J connectivity index is 1.78. The van der Waals surface area contributed by atoms with Crippen molar-refractivity contribution in [2.24, 2.45) is 22.7 Å². The molecule has 0 spiro atoms. The average Bonchev–Trinajstić information content (AvgIpc) is 2.45. The third-order valence-corrected chi connectivity index (χ3v) is 7.68. The topological polar surface area (TPSA) is 34.1 Å². The number of ketones is 2. The molecule has 2 nitrogen and oxygen atoms in total. The fourth-order valence-corrected chi connectivity index (χ4v) is 5.89. The van der Waals surface area contributed by atoms with Crippen molar-refractivity contribution < 1.29 is 9.59 Å². The van der Waals surface area contributed by atoms with Crippen molar-refractivity contribution in [3.8, 4) is 0 Å². The summed E-state index contributed by atoms with van der Waals surface area (Å²) in [5.41, 5.74) is 4.07. The minimum atomic E-state index is 0.0677. The Bertz CT molecular complexity index is 703. The van der Waals surface area contributed by atoms with E-state index in [9.17, 15) is 9.59 Å². The van der Waals surface area contributed by atoms with Crippen LogP contribution in [-0.4, -0.2) is 11.6 Å². The third kappa shape index (κ3) is 1.12. The van der Waals surface area contributed by atoms with Crippen molar-refractivity contribution in [3.63, 3.8) is 0 Å². The molecule has 6 aliphatic carbocycles. The molecule has 0 N–H and O–H groups in total. The number of carbonyl (C=O) groups excluding carboxylic acids is 2. The highest BCUT2D eigenvalue weighted by molar-refractivity contribution is 6.15. The number of rotatable bonds is 0. The molecule has 1 aromatic rings. The molecule has 7 rings (SSSR count). The molecule has 0 heterocycles. The summed E-state index contributed by atoms with van der Waals surface area (Å²) in [5.74, 6) is 1.63. The summed E-state index contributed by atoms with van der Waals surface area (Å²) in [4.78, 5) is 26.0. The zero-order chi connectivity index (χ0) is 15.6. The van der Waals surface area contributed by atoms with Crippen LogP contribution >= 0.6 is 0 Å². The molecule has 1 aromatic carbocycles. The van der Waals surface area contributed by atoms with Crippen LogP contribution in [-0.2, 0) is 0 Å². The molecule has 2 fully saturated rings. The molecule has 114 valence electrons. The summed E-state index contributed by atoms with van der Waals surface area (Å²) >= 11 is 0. The summed E-state index contributed by atoms with van der Waals surface area (Å²) in [6.45, 7) is 8.81. The van der Waals surface area contributed by atoms with Crippen molar-refractivity contribution in [2.45, 2.75) is 52.4 Å². The van der Waals surface area contributed by atoms with Gasteiger partial charge in [0.1, 0.15) is 0 Å². The Hall–Kier alpha value is -1.44. The Labute approximate surface area is 131 Å². The van der Waals surface area contributed by atoms with Crippen LogP contribution in [0.3, 0.4) is 0 Å². The molecule has 4 atom stereocenters. The number of hydrogen-bond donors (Lipinski definition) is 0. The first kappa shape index (κ1) is 13.0. The van der Waals surface area contributed by atoms with E-state index in [4.69, 9.17) is 0 Å². The molecule has 2 saturated carbocycles. The standard InChI is InChI=1S/C20H22O2/c1-19(2)11-7-13(19)17(21)15-9(11)5-6-10-12-8-14(20(12,3)4)18(22)16(10)15/h5-6,11-14H,7-8H2,1-4H3/t11-,12+,13-,14+. The molecule has 0 saturated heterocycles. The smallest absolute Gasteiger partial charge is 0.167 e. The van der Waals surface area contributed by atoms with Crippen LogP contribution in [0.1, 0.15) is 84.2 Å². The van der Waals surface area contributed by atoms with E-state index in [0.717, 1.165) is 35.1 Å². The van der Waals surface area contributed by atoms with E-state index in [1.807, 2.05) is 0 Å². The second-order valence-corrected chi connectivity index (χ2v) is 9.05. The number of hydrogen-bond acceptors (Lipinski definition) is 2. The molecule has 0 unspecified atom stereocenters. The quantitative estimate of drug-likeness (QED) is 0.713. The van der Waals surface area contributed by atoms with Gasteiger partial charge in [-0.3, -0.25) is 9.59 Å². The minimum absolute atomic E-state index is 0.0677. The van der Waals surface area contributed by atoms with Crippen LogP contribution in [0.4, 0.5) is 0 Å². The Morgan fingerprint density at radius 2 is 1.09 bits per heavy atom. The lowest BCUT2D eigenvalue weighted by Gasteiger charge is -2.59. The number of carbonyl (C=O) groups is 2. The molecule has 0 aliphatic heterocycles. The van der Waals surface area contributed by atoms with Crippen LogP contribution < -0.4 is 0 Å². The van der Waals surface area contributed by atoms with Crippen LogP contribution in [0.15, 0.2) is 12.1 Å². The molecular weight excluding hydrogens is 272 g/mol. The largest absolute Gasteiger partial charge is 0.294 e. The van der Waals surface area contributed by atoms with Gasteiger partial charge in [0.05, 0.1) is 0 Å². The van der Waals surface area contributed by atoms with Gasteiger partial charge < -0.3 is 0 Å². The maximum Gasteiger partial charge on any atom is 0.167 e. The Kier molecular flexibility index (Phi) is 2.01. The van der Waals surface area contributed by atoms with Crippen molar-refractivity contribution >= 4 is 11.6 Å². The summed E-state index contributed by atoms with van der Waals surface area (Å²) < 4.78 is 0. The summed E-state index contributed by atoms with van der Waals surface area (Å²) in [5, 5.41) is 0. The van der Waals surface area contributed by atoms with Gasteiger partial charge in [0, 0.05) is 23.0 Å². The molecule has 0 aromatic heterocycles. The van der Waals surface area contributed by atoms with E-state index < -0.39 is 0 Å². The van der Waals surface area contributed by atoms with Gasteiger partial charge in [-0.05, 0) is 46.6 Å². The van der Waals surface area contributed by atoms with E-state index in [1.165, 1.54) is 0 Å². The zero-order valence-electron chi connectivity index (χ0n) is 13.7. The van der Waals surface area contributed by atoms with Crippen LogP contribution in [0.25, 0.3) is 0 Å². The zero-order valence-corrected chi connectivity index (χ0v) is 13.7. The summed E-state index contributed by atoms with van der Waals surface area (Å²) in [6, 6.07) is 4.33. The van der Waals surface area contributed by atoms with Crippen LogP contribution in [0.5, 0.6) is 0 Å². The first-order valence-electron chi connectivity index (χ1n) is 8.51. The molecular formula is C20H22O2. The van der Waals surface area contributed by atoms with E-state index in [2.05, 4.69) is 39.8 Å². The van der Waals surface area contributed by atoms with Gasteiger partial charge >= 0.3 is 0 Å². The fraction of sp³-hybridized carbons (Fsp3) is 0.600. The van der Waals surface area contributed by atoms with Gasteiger partial charge in [0.15, 0.2) is 11.6 Å². The average molecular weight is 294 g/mol. The molecule has 0 radical (unpaired) electrons. The third-order valence-electron chi connectivity index (χ3n) is 7.68. The first-order valence-corrected chi connectivity index (χ1v) is 8.51. The molecule has 22 heavy (non-hydrogen) atoms. The summed E-state index contributed by atoms with van der Waals surface area (Å²) in [7, 11) is 0. The molecule has 0 amide bonds. The van der Waals surface area contributed by atoms with Gasteiger partial charge in [-0.25, -0.2) is 0 Å². The van der Waals surface area contributed by atoms with E-state index >= 15 is 0 Å². The Morgan fingerprint density at radius 3 is 1.41 bits per heavy atom. The predicted molar refractivity (Wildman–Crippen MR) is 84.4 cm³/mol. The highest BCUT2D eigenvalue weighted by Crippen LogP contribution is 2.66. The SMILES string of the molecule is CC1(C)[C@@H]2C[C@@H]1c1ccc3c(c1C2=O)C(=O)[C@@H]1C[C@@H]3C1(C)C. The lowest BCUT2D eigenvalue weighted by Crippen LogP contribution is -2.55. The maximum absolute atomic E-state index is 13.0. The molecule has 2 heteroatoms. The minimum Gasteiger partial charge on any atom is -0.294 e. The lowest BCUT2D eigenvalue weighted by molar-refractivity contribution is 0.0141. The summed E-state index contributed by atoms with van der Waals surface area (Å²) in [6.07, 6.45) is 1.95. The Morgan fingerprint density at radius 1 is 0.727 bits per heavy atom. The van der Waals surface area contributed by atoms with E-state index in [-0.39, 0.29) is 34.2 Å². The van der Waals surface area contributed by atoms with Gasteiger partial charge in [0.25, 0.3) is 0 Å². The van der Waals surface area contributed by atoms with Crippen LogP contribution in [0, 0.1) is 22.7 Å². The highest BCUT2D eigenvalue weighted by Gasteiger charge is 2.62. The highest BCUT2D eigenvalue weighted by atomic mass is 16.1. The van der Waals surface area contributed by atoms with Gasteiger partial charge in [-0.1, -0.05) is 39.8 Å². The second kappa shape index (κ2) is 3.39. The van der Waals surface area contributed by atoms with E-state index in [1.54, 1.807) is 0 Å². The second-order valence-electron chi connectivity index (χ2n) is 9.05. The fourth-order valence-electron chi connectivity index (χ4n) is 5.89. The van der Waals surface area contributed by atoms with Crippen molar-refractivity contribution in [1.29, 1.82) is 0 Å². The van der Waals surface area contributed by atoms with Gasteiger partial charge in [-0.2, -0.15) is 0 Å². The lowest BCUT2D eigenvalue weighted by atomic mass is 9.43. The van der Waals surface area contributed by atoms with Gasteiger partial charge in [-0.15, -0.1) is 0 Å². The maximum atomic E-state index is 13.0.